The average Bonchev–Trinajstić information content (AvgIpc) is 2.49. The number of nitrogens with one attached hydrogen (secondary N) is 1. The van der Waals surface area contributed by atoms with E-state index in [1.54, 1.807) is 0 Å². The fraction of sp³-hybridized carbons (Fsp3) is 0.588. The minimum absolute atomic E-state index is 0.579. The van der Waals surface area contributed by atoms with E-state index in [0.717, 1.165) is 49.6 Å². The molecule has 1 fully saturated rings. The van der Waals surface area contributed by atoms with Crippen molar-refractivity contribution in [1.29, 1.82) is 5.26 Å². The molecular weight excluding hydrogens is 280 g/mol. The molecule has 1 aromatic rings. The van der Waals surface area contributed by atoms with Gasteiger partial charge in [-0.1, -0.05) is 19.9 Å². The zero-order chi connectivity index (χ0) is 15.1. The van der Waals surface area contributed by atoms with Crippen LogP contribution in [-0.2, 0) is 11.3 Å². The van der Waals surface area contributed by atoms with Crippen molar-refractivity contribution in [2.24, 2.45) is 5.92 Å². The molecule has 0 radical (unpaired) electrons. The molecule has 0 saturated carbocycles. The second-order valence-electron chi connectivity index (χ2n) is 5.90. The standard InChI is InChI=1S/C17H24N2OS/c1-13(2)11-19-12-14-3-4-17(15(9-14)10-18)21-16-5-7-20-8-6-16/h3-4,9,13,16,19H,5-8,11-12H2,1-2H3. The minimum Gasteiger partial charge on any atom is -0.381 e. The van der Waals surface area contributed by atoms with Gasteiger partial charge in [0.2, 0.25) is 0 Å². The minimum atomic E-state index is 0.579. The first-order valence-corrected chi connectivity index (χ1v) is 8.55. The van der Waals surface area contributed by atoms with Gasteiger partial charge in [0.05, 0.1) is 5.56 Å². The summed E-state index contributed by atoms with van der Waals surface area (Å²) in [6.45, 7) is 7.91. The van der Waals surface area contributed by atoms with E-state index < -0.39 is 0 Å². The monoisotopic (exact) mass is 304 g/mol. The summed E-state index contributed by atoms with van der Waals surface area (Å²) >= 11 is 1.83. The Morgan fingerprint density at radius 3 is 2.81 bits per heavy atom. The molecule has 1 heterocycles. The molecule has 0 aliphatic carbocycles. The van der Waals surface area contributed by atoms with Crippen molar-refractivity contribution in [2.75, 3.05) is 19.8 Å². The van der Waals surface area contributed by atoms with Gasteiger partial charge >= 0.3 is 0 Å². The Labute approximate surface area is 132 Å². The van der Waals surface area contributed by atoms with Gasteiger partial charge in [0.15, 0.2) is 0 Å². The van der Waals surface area contributed by atoms with Gasteiger partial charge in [-0.3, -0.25) is 0 Å². The Kier molecular flexibility index (Phi) is 6.56. The van der Waals surface area contributed by atoms with Crippen LogP contribution >= 0.6 is 11.8 Å². The maximum Gasteiger partial charge on any atom is 0.100 e. The van der Waals surface area contributed by atoms with Gasteiger partial charge < -0.3 is 10.1 Å². The van der Waals surface area contributed by atoms with Crippen LogP contribution < -0.4 is 5.32 Å². The molecule has 1 aromatic carbocycles. The van der Waals surface area contributed by atoms with Crippen LogP contribution in [0.1, 0.15) is 37.8 Å². The third-order valence-electron chi connectivity index (χ3n) is 3.51. The van der Waals surface area contributed by atoms with Crippen molar-refractivity contribution in [1.82, 2.24) is 5.32 Å². The lowest BCUT2D eigenvalue weighted by Crippen LogP contribution is -2.19. The number of hydrogen-bond donors (Lipinski definition) is 1. The molecular formula is C17H24N2OS. The molecule has 1 aliphatic heterocycles. The Balaban J connectivity index is 1.97. The maximum absolute atomic E-state index is 9.38. The summed E-state index contributed by atoms with van der Waals surface area (Å²) in [5.41, 5.74) is 1.99. The predicted octanol–water partition coefficient (Wildman–Crippen LogP) is 3.57. The maximum atomic E-state index is 9.38. The number of benzene rings is 1. The molecule has 0 unspecified atom stereocenters. The first-order chi connectivity index (χ1) is 10.2. The van der Waals surface area contributed by atoms with E-state index >= 15 is 0 Å². The van der Waals surface area contributed by atoms with Crippen molar-refractivity contribution in [3.8, 4) is 6.07 Å². The van der Waals surface area contributed by atoms with E-state index in [2.05, 4.69) is 37.4 Å². The van der Waals surface area contributed by atoms with Crippen molar-refractivity contribution >= 4 is 11.8 Å². The Morgan fingerprint density at radius 1 is 1.38 bits per heavy atom. The molecule has 0 spiro atoms. The van der Waals surface area contributed by atoms with Gasteiger partial charge in [-0.25, -0.2) is 0 Å². The fourth-order valence-corrected chi connectivity index (χ4v) is 3.52. The third kappa shape index (κ3) is 5.35. The smallest absolute Gasteiger partial charge is 0.100 e. The molecule has 0 bridgehead atoms. The molecule has 3 nitrogen and oxygen atoms in total. The Hall–Kier alpha value is -1.02. The molecule has 1 N–H and O–H groups in total. The predicted molar refractivity (Wildman–Crippen MR) is 87.4 cm³/mol. The molecule has 2 rings (SSSR count). The van der Waals surface area contributed by atoms with Crippen molar-refractivity contribution in [3.05, 3.63) is 29.3 Å². The van der Waals surface area contributed by atoms with Crippen LogP contribution in [-0.4, -0.2) is 25.0 Å². The molecule has 1 saturated heterocycles. The van der Waals surface area contributed by atoms with Gasteiger partial charge in [0.1, 0.15) is 6.07 Å². The van der Waals surface area contributed by atoms with Crippen molar-refractivity contribution in [2.45, 2.75) is 43.4 Å². The number of rotatable bonds is 6. The Morgan fingerprint density at radius 2 is 2.14 bits per heavy atom. The van der Waals surface area contributed by atoms with Crippen LogP contribution in [0.2, 0.25) is 0 Å². The lowest BCUT2D eigenvalue weighted by atomic mass is 10.1. The fourth-order valence-electron chi connectivity index (χ4n) is 2.36. The summed E-state index contributed by atoms with van der Waals surface area (Å²) in [4.78, 5) is 1.11. The normalized spacial score (nSPS) is 16.1. The Bertz CT molecular complexity index is 490. The lowest BCUT2D eigenvalue weighted by Gasteiger charge is -2.22. The van der Waals surface area contributed by atoms with E-state index in [-0.39, 0.29) is 0 Å². The zero-order valence-corrected chi connectivity index (χ0v) is 13.7. The second-order valence-corrected chi connectivity index (χ2v) is 7.24. The van der Waals surface area contributed by atoms with Crippen LogP contribution in [0.4, 0.5) is 0 Å². The highest BCUT2D eigenvalue weighted by atomic mass is 32.2. The molecule has 21 heavy (non-hydrogen) atoms. The number of nitrogens with zero attached hydrogens (tertiary/aromatic N) is 1. The molecule has 0 amide bonds. The van der Waals surface area contributed by atoms with E-state index in [9.17, 15) is 5.26 Å². The average molecular weight is 304 g/mol. The molecule has 4 heteroatoms. The summed E-state index contributed by atoms with van der Waals surface area (Å²) in [5.74, 6) is 0.642. The number of thioether (sulfide) groups is 1. The van der Waals surface area contributed by atoms with E-state index in [0.29, 0.717) is 11.2 Å². The topological polar surface area (TPSA) is 45.0 Å². The highest BCUT2D eigenvalue weighted by molar-refractivity contribution is 8.00. The zero-order valence-electron chi connectivity index (χ0n) is 12.9. The van der Waals surface area contributed by atoms with Gasteiger partial charge in [-0.15, -0.1) is 11.8 Å². The van der Waals surface area contributed by atoms with E-state index in [4.69, 9.17) is 4.74 Å². The molecule has 0 atom stereocenters. The second kappa shape index (κ2) is 8.43. The van der Waals surface area contributed by atoms with Gasteiger partial charge in [-0.2, -0.15) is 5.26 Å². The van der Waals surface area contributed by atoms with Crippen LogP contribution in [0.25, 0.3) is 0 Å². The summed E-state index contributed by atoms with van der Waals surface area (Å²) < 4.78 is 5.39. The van der Waals surface area contributed by atoms with E-state index in [1.807, 2.05) is 17.8 Å². The highest BCUT2D eigenvalue weighted by Crippen LogP contribution is 2.32. The van der Waals surface area contributed by atoms with Gasteiger partial charge in [-0.05, 0) is 43.0 Å². The first kappa shape index (κ1) is 16.4. The van der Waals surface area contributed by atoms with E-state index in [1.165, 1.54) is 5.56 Å². The van der Waals surface area contributed by atoms with Gasteiger partial charge in [0, 0.05) is 29.9 Å². The summed E-state index contributed by atoms with van der Waals surface area (Å²) in [6.07, 6.45) is 2.15. The molecule has 0 aromatic heterocycles. The van der Waals surface area contributed by atoms with Crippen LogP contribution in [0.3, 0.4) is 0 Å². The molecule has 114 valence electrons. The lowest BCUT2D eigenvalue weighted by molar-refractivity contribution is 0.100. The third-order valence-corrected chi connectivity index (χ3v) is 4.92. The molecule has 1 aliphatic rings. The van der Waals surface area contributed by atoms with Crippen molar-refractivity contribution in [3.63, 3.8) is 0 Å². The SMILES string of the molecule is CC(C)CNCc1ccc(SC2CCOCC2)c(C#N)c1. The first-order valence-electron chi connectivity index (χ1n) is 7.67. The van der Waals surface area contributed by atoms with Gasteiger partial charge in [0.25, 0.3) is 0 Å². The summed E-state index contributed by atoms with van der Waals surface area (Å²) in [7, 11) is 0. The number of ether oxygens (including phenoxy) is 1. The van der Waals surface area contributed by atoms with Crippen molar-refractivity contribution < 1.29 is 4.74 Å². The van der Waals surface area contributed by atoms with Crippen LogP contribution in [0.15, 0.2) is 23.1 Å². The number of hydrogen-bond acceptors (Lipinski definition) is 4. The van der Waals surface area contributed by atoms with Crippen LogP contribution in [0.5, 0.6) is 0 Å². The van der Waals surface area contributed by atoms with Crippen LogP contribution in [0, 0.1) is 17.2 Å². The largest absolute Gasteiger partial charge is 0.381 e. The number of nitriles is 1. The quantitative estimate of drug-likeness (QED) is 0.872. The summed E-state index contributed by atoms with van der Waals surface area (Å²) in [5, 5.41) is 13.4. The summed E-state index contributed by atoms with van der Waals surface area (Å²) in [6, 6.07) is 8.60. The highest BCUT2D eigenvalue weighted by Gasteiger charge is 2.16.